The number of nitrogens with one attached hydrogen (secondary N) is 1. The van der Waals surface area contributed by atoms with Gasteiger partial charge in [0.25, 0.3) is 0 Å². The van der Waals surface area contributed by atoms with Gasteiger partial charge in [-0.05, 0) is 67.5 Å². The molecule has 0 bridgehead atoms. The molecule has 0 radical (unpaired) electrons. The second-order valence-electron chi connectivity index (χ2n) is 5.44. The topological polar surface area (TPSA) is 24.9 Å². The fourth-order valence-corrected chi connectivity index (χ4v) is 4.07. The number of nitrogens with zero attached hydrogens (tertiary/aromatic N) is 1. The van der Waals surface area contributed by atoms with E-state index in [-0.39, 0.29) is 0 Å². The normalized spacial score (nSPS) is 12.6. The highest BCUT2D eigenvalue weighted by molar-refractivity contribution is 14.1. The Bertz CT molecular complexity index is 587. The lowest BCUT2D eigenvalue weighted by atomic mass is 10.0. The van der Waals surface area contributed by atoms with Gasteiger partial charge in [-0.2, -0.15) is 0 Å². The van der Waals surface area contributed by atoms with Gasteiger partial charge in [0, 0.05) is 20.9 Å². The highest BCUT2D eigenvalue weighted by Crippen LogP contribution is 2.28. The van der Waals surface area contributed by atoms with Crippen LogP contribution in [-0.2, 0) is 6.42 Å². The molecule has 1 heterocycles. The summed E-state index contributed by atoms with van der Waals surface area (Å²) in [5.74, 6) is 0. The number of aromatic nitrogens is 1. The first-order valence-electron chi connectivity index (χ1n) is 7.44. The molecule has 1 unspecified atom stereocenters. The molecule has 1 N–H and O–H groups in total. The highest BCUT2D eigenvalue weighted by Gasteiger charge is 2.17. The maximum atomic E-state index is 4.71. The number of hydrogen-bond acceptors (Lipinski definition) is 3. The van der Waals surface area contributed by atoms with Gasteiger partial charge in [0.05, 0.1) is 10.7 Å². The quantitative estimate of drug-likeness (QED) is 0.677. The fraction of sp³-hybridized carbons (Fsp3) is 0.471. The van der Waals surface area contributed by atoms with Crippen molar-refractivity contribution in [1.82, 2.24) is 10.3 Å². The first-order chi connectivity index (χ1) is 10.0. The van der Waals surface area contributed by atoms with Gasteiger partial charge in [0.1, 0.15) is 0 Å². The van der Waals surface area contributed by atoms with Crippen LogP contribution in [0.4, 0.5) is 0 Å². The molecule has 0 fully saturated rings. The second kappa shape index (κ2) is 7.70. The summed E-state index contributed by atoms with van der Waals surface area (Å²) in [5.41, 5.74) is 3.92. The summed E-state index contributed by atoms with van der Waals surface area (Å²) in [7, 11) is 0. The summed E-state index contributed by atoms with van der Waals surface area (Å²) in [4.78, 5) is 6.04. The van der Waals surface area contributed by atoms with Gasteiger partial charge < -0.3 is 5.32 Å². The van der Waals surface area contributed by atoms with Crippen LogP contribution in [0.5, 0.6) is 0 Å². The average Bonchev–Trinajstić information content (AvgIpc) is 2.76. The van der Waals surface area contributed by atoms with E-state index in [1.165, 1.54) is 30.3 Å². The lowest BCUT2D eigenvalue weighted by Crippen LogP contribution is -2.25. The molecule has 0 amide bonds. The van der Waals surface area contributed by atoms with Crippen molar-refractivity contribution in [2.24, 2.45) is 0 Å². The van der Waals surface area contributed by atoms with Gasteiger partial charge >= 0.3 is 0 Å². The first kappa shape index (κ1) is 16.9. The third kappa shape index (κ3) is 4.27. The van der Waals surface area contributed by atoms with E-state index in [0.717, 1.165) is 19.4 Å². The Morgan fingerprint density at radius 1 is 1.29 bits per heavy atom. The SMILES string of the molecule is CCCNC(Cc1nc(C)c(C)s1)c1cccc(C)c1I. The molecule has 1 aromatic heterocycles. The number of hydrogen-bond donors (Lipinski definition) is 1. The standard InChI is InChI=1S/C17H23IN2S/c1-5-9-19-15(10-16-20-12(3)13(4)21-16)14-8-6-7-11(2)17(14)18/h6-8,15,19H,5,9-10H2,1-4H3. The van der Waals surface area contributed by atoms with Crippen LogP contribution in [0.15, 0.2) is 18.2 Å². The number of benzene rings is 1. The van der Waals surface area contributed by atoms with Crippen LogP contribution in [0.1, 0.15) is 46.1 Å². The van der Waals surface area contributed by atoms with Gasteiger partial charge in [0.2, 0.25) is 0 Å². The lowest BCUT2D eigenvalue weighted by Gasteiger charge is -2.20. The summed E-state index contributed by atoms with van der Waals surface area (Å²) < 4.78 is 1.37. The monoisotopic (exact) mass is 414 g/mol. The maximum absolute atomic E-state index is 4.71. The van der Waals surface area contributed by atoms with E-state index in [4.69, 9.17) is 4.98 Å². The Hall–Kier alpha value is -0.460. The van der Waals surface area contributed by atoms with E-state index in [9.17, 15) is 0 Å². The van der Waals surface area contributed by atoms with Crippen LogP contribution in [0.2, 0.25) is 0 Å². The Kier molecular flexibility index (Phi) is 6.20. The number of halogens is 1. The van der Waals surface area contributed by atoms with Crippen LogP contribution in [-0.4, -0.2) is 11.5 Å². The Morgan fingerprint density at radius 3 is 2.67 bits per heavy atom. The highest BCUT2D eigenvalue weighted by atomic mass is 127. The number of aryl methyl sites for hydroxylation is 3. The number of rotatable bonds is 6. The van der Waals surface area contributed by atoms with Crippen LogP contribution in [0, 0.1) is 24.3 Å². The minimum absolute atomic E-state index is 0.349. The van der Waals surface area contributed by atoms with E-state index >= 15 is 0 Å². The van der Waals surface area contributed by atoms with Crippen LogP contribution >= 0.6 is 33.9 Å². The molecule has 1 atom stereocenters. The van der Waals surface area contributed by atoms with Gasteiger partial charge in [-0.3, -0.25) is 0 Å². The van der Waals surface area contributed by atoms with Crippen molar-refractivity contribution in [2.75, 3.05) is 6.54 Å². The van der Waals surface area contributed by atoms with Crippen molar-refractivity contribution in [3.63, 3.8) is 0 Å². The van der Waals surface area contributed by atoms with Gasteiger partial charge in [0.15, 0.2) is 0 Å². The first-order valence-corrected chi connectivity index (χ1v) is 9.33. The minimum Gasteiger partial charge on any atom is -0.310 e. The van der Waals surface area contributed by atoms with Gasteiger partial charge in [-0.1, -0.05) is 25.1 Å². The molecule has 2 aromatic rings. The Balaban J connectivity index is 2.27. The molecule has 0 saturated heterocycles. The van der Waals surface area contributed by atoms with Crippen LogP contribution in [0.25, 0.3) is 0 Å². The molecule has 2 rings (SSSR count). The zero-order valence-corrected chi connectivity index (χ0v) is 16.1. The van der Waals surface area contributed by atoms with Crippen molar-refractivity contribution < 1.29 is 0 Å². The predicted octanol–water partition coefficient (Wildman–Crippen LogP) is 4.96. The number of thiazole rings is 1. The smallest absolute Gasteiger partial charge is 0.0949 e. The minimum atomic E-state index is 0.349. The van der Waals surface area contributed by atoms with Crippen molar-refractivity contribution in [2.45, 2.75) is 46.6 Å². The molecule has 0 aliphatic rings. The third-order valence-electron chi connectivity index (χ3n) is 3.69. The summed E-state index contributed by atoms with van der Waals surface area (Å²) in [6, 6.07) is 6.93. The molecule has 2 nitrogen and oxygen atoms in total. The molecular weight excluding hydrogens is 391 g/mol. The summed E-state index contributed by atoms with van der Waals surface area (Å²) in [5, 5.41) is 4.93. The molecule has 0 saturated carbocycles. The van der Waals surface area contributed by atoms with Crippen molar-refractivity contribution in [1.29, 1.82) is 0 Å². The molecule has 21 heavy (non-hydrogen) atoms. The van der Waals surface area contributed by atoms with E-state index in [0.29, 0.717) is 6.04 Å². The molecular formula is C17H23IN2S. The zero-order valence-electron chi connectivity index (χ0n) is 13.2. The molecule has 0 aliphatic carbocycles. The van der Waals surface area contributed by atoms with Crippen LogP contribution < -0.4 is 5.32 Å². The van der Waals surface area contributed by atoms with Crippen molar-refractivity contribution in [3.05, 3.63) is 48.5 Å². The second-order valence-corrected chi connectivity index (χ2v) is 7.80. The van der Waals surface area contributed by atoms with E-state index in [2.05, 4.69) is 73.8 Å². The predicted molar refractivity (Wildman–Crippen MR) is 100 cm³/mol. The molecule has 0 spiro atoms. The van der Waals surface area contributed by atoms with E-state index < -0.39 is 0 Å². The third-order valence-corrected chi connectivity index (χ3v) is 6.26. The van der Waals surface area contributed by atoms with E-state index in [1.54, 1.807) is 0 Å². The Morgan fingerprint density at radius 2 is 2.05 bits per heavy atom. The average molecular weight is 414 g/mol. The lowest BCUT2D eigenvalue weighted by molar-refractivity contribution is 0.526. The maximum Gasteiger partial charge on any atom is 0.0949 e. The fourth-order valence-electron chi connectivity index (χ4n) is 2.35. The molecule has 4 heteroatoms. The summed E-state index contributed by atoms with van der Waals surface area (Å²) >= 11 is 4.30. The van der Waals surface area contributed by atoms with Gasteiger partial charge in [-0.15, -0.1) is 11.3 Å². The summed E-state index contributed by atoms with van der Waals surface area (Å²) in [6.07, 6.45) is 2.12. The molecule has 0 aliphatic heterocycles. The molecule has 114 valence electrons. The zero-order chi connectivity index (χ0) is 15.4. The van der Waals surface area contributed by atoms with E-state index in [1.807, 2.05) is 11.3 Å². The van der Waals surface area contributed by atoms with Crippen molar-refractivity contribution >= 4 is 33.9 Å². The van der Waals surface area contributed by atoms with Crippen molar-refractivity contribution in [3.8, 4) is 0 Å². The molecule has 1 aromatic carbocycles. The van der Waals surface area contributed by atoms with Gasteiger partial charge in [-0.25, -0.2) is 4.98 Å². The summed E-state index contributed by atoms with van der Waals surface area (Å²) in [6.45, 7) is 9.68. The van der Waals surface area contributed by atoms with Crippen LogP contribution in [0.3, 0.4) is 0 Å². The Labute approximate surface area is 145 Å². The largest absolute Gasteiger partial charge is 0.310 e.